The van der Waals surface area contributed by atoms with Gasteiger partial charge in [0.25, 0.3) is 0 Å². The summed E-state index contributed by atoms with van der Waals surface area (Å²) in [5, 5.41) is 21.4. The van der Waals surface area contributed by atoms with Gasteiger partial charge in [0.2, 0.25) is 5.70 Å². The summed E-state index contributed by atoms with van der Waals surface area (Å²) in [4.78, 5) is 10.9. The third-order valence-corrected chi connectivity index (χ3v) is 5.63. The van der Waals surface area contributed by atoms with Crippen molar-refractivity contribution >= 4 is 0 Å². The maximum atomic E-state index is 11.2. The molecule has 1 atom stereocenters. The van der Waals surface area contributed by atoms with Crippen molar-refractivity contribution < 1.29 is 14.8 Å². The van der Waals surface area contributed by atoms with Crippen molar-refractivity contribution in [2.75, 3.05) is 0 Å². The Kier molecular flexibility index (Phi) is 6.32. The number of hydrogen-bond donors (Lipinski definition) is 1. The Morgan fingerprint density at radius 2 is 2.00 bits per heavy atom. The molecule has 0 fully saturated rings. The summed E-state index contributed by atoms with van der Waals surface area (Å²) in [5.41, 5.74) is 3.85. The van der Waals surface area contributed by atoms with E-state index >= 15 is 0 Å². The lowest BCUT2D eigenvalue weighted by Gasteiger charge is -2.38. The number of nitrogens with zero attached hydrogens (tertiary/aromatic N) is 1. The minimum atomic E-state index is -0.319. The van der Waals surface area contributed by atoms with E-state index in [0.29, 0.717) is 17.9 Å². The van der Waals surface area contributed by atoms with Crippen LogP contribution in [0, 0.1) is 30.9 Å². The number of phenols is 1. The first-order valence-corrected chi connectivity index (χ1v) is 9.54. The van der Waals surface area contributed by atoms with E-state index in [1.165, 1.54) is 0 Å². The molecule has 0 bridgehead atoms. The molecule has 1 N–H and O–H groups in total. The van der Waals surface area contributed by atoms with Gasteiger partial charge >= 0.3 is 0 Å². The van der Waals surface area contributed by atoms with Crippen LogP contribution in [0.5, 0.6) is 11.5 Å². The molecule has 0 saturated carbocycles. The lowest BCUT2D eigenvalue weighted by Crippen LogP contribution is -2.37. The van der Waals surface area contributed by atoms with Crippen molar-refractivity contribution in [2.45, 2.75) is 85.2 Å². The summed E-state index contributed by atoms with van der Waals surface area (Å²) < 4.78 is 6.39. The van der Waals surface area contributed by atoms with Gasteiger partial charge in [-0.3, -0.25) is 10.1 Å². The van der Waals surface area contributed by atoms with Gasteiger partial charge < -0.3 is 9.84 Å². The molecule has 0 saturated heterocycles. The molecule has 0 spiro atoms. The Bertz CT molecular complexity index is 723. The van der Waals surface area contributed by atoms with Crippen LogP contribution in [0.25, 0.3) is 0 Å². The highest BCUT2D eigenvalue weighted by Gasteiger charge is 2.34. The van der Waals surface area contributed by atoms with Gasteiger partial charge in [-0.2, -0.15) is 0 Å². The van der Waals surface area contributed by atoms with Gasteiger partial charge in [-0.1, -0.05) is 13.3 Å². The topological polar surface area (TPSA) is 72.6 Å². The molecule has 26 heavy (non-hydrogen) atoms. The van der Waals surface area contributed by atoms with E-state index in [2.05, 4.69) is 6.92 Å². The number of aromatic hydroxyl groups is 1. The number of unbranched alkanes of at least 4 members (excludes halogenated alkanes) is 1. The molecule has 144 valence electrons. The van der Waals surface area contributed by atoms with Gasteiger partial charge in [-0.25, -0.2) is 0 Å². The second kappa shape index (κ2) is 8.11. The molecule has 1 heterocycles. The second-order valence-electron chi connectivity index (χ2n) is 7.68. The highest BCUT2D eigenvalue weighted by Crippen LogP contribution is 2.44. The van der Waals surface area contributed by atoms with E-state index in [-0.39, 0.29) is 10.5 Å². The maximum absolute atomic E-state index is 11.2. The molecular weight excluding hydrogens is 330 g/mol. The number of rotatable bonds is 7. The molecule has 1 unspecified atom stereocenters. The van der Waals surface area contributed by atoms with Gasteiger partial charge in [-0.15, -0.1) is 0 Å². The SMILES string of the molecule is CCCC=C(CCCC1(C)CCc2c(C)c(O)c(C)c(C)c2O1)[N+](=O)[O-]. The third kappa shape index (κ3) is 4.19. The van der Waals surface area contributed by atoms with Crippen molar-refractivity contribution in [1.29, 1.82) is 0 Å². The molecule has 5 heteroatoms. The van der Waals surface area contributed by atoms with Crippen molar-refractivity contribution in [1.82, 2.24) is 0 Å². The molecule has 5 nitrogen and oxygen atoms in total. The smallest absolute Gasteiger partial charge is 0.242 e. The van der Waals surface area contributed by atoms with Crippen molar-refractivity contribution in [2.24, 2.45) is 0 Å². The van der Waals surface area contributed by atoms with Crippen LogP contribution >= 0.6 is 0 Å². The molecule has 1 aromatic carbocycles. The number of nitro groups is 1. The van der Waals surface area contributed by atoms with E-state index in [0.717, 1.165) is 66.5 Å². The zero-order valence-electron chi connectivity index (χ0n) is 16.6. The number of ether oxygens (including phenoxy) is 1. The minimum absolute atomic E-state index is 0.255. The minimum Gasteiger partial charge on any atom is -0.507 e. The van der Waals surface area contributed by atoms with Crippen LogP contribution in [0.4, 0.5) is 0 Å². The Morgan fingerprint density at radius 1 is 1.31 bits per heavy atom. The Hall–Kier alpha value is -2.04. The highest BCUT2D eigenvalue weighted by atomic mass is 16.6. The van der Waals surface area contributed by atoms with Gasteiger partial charge in [0, 0.05) is 12.0 Å². The molecule has 0 radical (unpaired) electrons. The van der Waals surface area contributed by atoms with Crippen LogP contribution in [0.2, 0.25) is 0 Å². The van der Waals surface area contributed by atoms with Crippen molar-refractivity contribution in [3.05, 3.63) is 44.1 Å². The monoisotopic (exact) mass is 361 g/mol. The predicted molar refractivity (Wildman–Crippen MR) is 104 cm³/mol. The molecular formula is C21H31NO4. The van der Waals surface area contributed by atoms with E-state index in [1.54, 1.807) is 6.08 Å². The number of benzene rings is 1. The van der Waals surface area contributed by atoms with E-state index in [1.807, 2.05) is 27.7 Å². The van der Waals surface area contributed by atoms with Crippen LogP contribution in [-0.2, 0) is 6.42 Å². The maximum Gasteiger partial charge on any atom is 0.242 e. The van der Waals surface area contributed by atoms with Gasteiger partial charge in [0.1, 0.15) is 17.1 Å². The second-order valence-corrected chi connectivity index (χ2v) is 7.68. The van der Waals surface area contributed by atoms with Crippen molar-refractivity contribution in [3.63, 3.8) is 0 Å². The van der Waals surface area contributed by atoms with Crippen LogP contribution < -0.4 is 4.74 Å². The zero-order valence-corrected chi connectivity index (χ0v) is 16.6. The number of allylic oxidation sites excluding steroid dienone is 2. The fraction of sp³-hybridized carbons (Fsp3) is 0.619. The molecule has 1 aliphatic rings. The zero-order chi connectivity index (χ0) is 19.5. The first kappa shape index (κ1) is 20.3. The largest absolute Gasteiger partial charge is 0.507 e. The lowest BCUT2D eigenvalue weighted by molar-refractivity contribution is -0.428. The molecule has 2 rings (SSSR count). The Labute approximate surface area is 156 Å². The summed E-state index contributed by atoms with van der Waals surface area (Å²) in [6, 6.07) is 0. The summed E-state index contributed by atoms with van der Waals surface area (Å²) in [6.07, 6.45) is 7.12. The molecule has 0 amide bonds. The van der Waals surface area contributed by atoms with E-state index in [4.69, 9.17) is 4.74 Å². The molecule has 0 aliphatic carbocycles. The highest BCUT2D eigenvalue weighted by molar-refractivity contribution is 5.58. The quantitative estimate of drug-likeness (QED) is 0.512. The average Bonchev–Trinajstić information content (AvgIpc) is 2.60. The Balaban J connectivity index is 2.10. The van der Waals surface area contributed by atoms with E-state index in [9.17, 15) is 15.2 Å². The first-order chi connectivity index (χ1) is 12.2. The van der Waals surface area contributed by atoms with E-state index < -0.39 is 0 Å². The van der Waals surface area contributed by atoms with Gasteiger partial charge in [0.15, 0.2) is 0 Å². The molecule has 1 aromatic rings. The fourth-order valence-electron chi connectivity index (χ4n) is 3.69. The van der Waals surface area contributed by atoms with Crippen LogP contribution in [0.15, 0.2) is 11.8 Å². The van der Waals surface area contributed by atoms with Crippen molar-refractivity contribution in [3.8, 4) is 11.5 Å². The average molecular weight is 361 g/mol. The number of phenolic OH excluding ortho intramolecular Hbond substituents is 1. The number of fused-ring (bicyclic) bond motifs is 1. The van der Waals surface area contributed by atoms with Crippen LogP contribution in [-0.4, -0.2) is 15.6 Å². The number of hydrogen-bond acceptors (Lipinski definition) is 4. The first-order valence-electron chi connectivity index (χ1n) is 9.54. The fourth-order valence-corrected chi connectivity index (χ4v) is 3.69. The Morgan fingerprint density at radius 3 is 2.62 bits per heavy atom. The van der Waals surface area contributed by atoms with Gasteiger partial charge in [0.05, 0.1) is 4.92 Å². The molecule has 0 aromatic heterocycles. The lowest BCUT2D eigenvalue weighted by atomic mass is 9.84. The van der Waals surface area contributed by atoms with Gasteiger partial charge in [-0.05, 0) is 82.6 Å². The summed E-state index contributed by atoms with van der Waals surface area (Å²) in [5.74, 6) is 1.26. The standard InChI is InChI=1S/C21H31NO4/c1-6-7-9-17(22(24)25)10-8-12-21(5)13-11-18-16(4)19(23)14(2)15(3)20(18)26-21/h9,23H,6-8,10-13H2,1-5H3. The summed E-state index contributed by atoms with van der Waals surface area (Å²) in [7, 11) is 0. The van der Waals surface area contributed by atoms with Crippen LogP contribution in [0.1, 0.15) is 74.6 Å². The summed E-state index contributed by atoms with van der Waals surface area (Å²) >= 11 is 0. The third-order valence-electron chi connectivity index (χ3n) is 5.63. The summed E-state index contributed by atoms with van der Waals surface area (Å²) in [6.45, 7) is 9.95. The van der Waals surface area contributed by atoms with Crippen LogP contribution in [0.3, 0.4) is 0 Å². The normalized spacial score (nSPS) is 19.8. The molecule has 1 aliphatic heterocycles. The predicted octanol–water partition coefficient (Wildman–Crippen LogP) is 5.53.